The Morgan fingerprint density at radius 2 is 1.88 bits per heavy atom. The molecule has 210 valence electrons. The molecule has 1 aliphatic rings. The maximum atomic E-state index is 13.9. The number of esters is 1. The lowest BCUT2D eigenvalue weighted by atomic mass is 9.96. The predicted octanol–water partition coefficient (Wildman–Crippen LogP) is 5.50. The molecule has 0 saturated heterocycles. The van der Waals surface area contributed by atoms with Gasteiger partial charge in [0.25, 0.3) is 5.56 Å². The fourth-order valence-corrected chi connectivity index (χ4v) is 5.87. The molecule has 2 aromatic heterocycles. The van der Waals surface area contributed by atoms with Gasteiger partial charge in [0, 0.05) is 36.2 Å². The molecular formula is C31H38N6O3. The van der Waals surface area contributed by atoms with Crippen LogP contribution in [0.15, 0.2) is 53.3 Å². The Bertz CT molecular complexity index is 1470. The number of hydrogen-bond donors (Lipinski definition) is 1. The Labute approximate surface area is 234 Å². The SMILES string of the molecule is CCCCCc1c(Cc2ccc(-c3ccccc3-c3nnn[nH]3)cc2)c(=O)n2n1CCCC2CCC(=O)OCC. The van der Waals surface area contributed by atoms with E-state index in [4.69, 9.17) is 4.74 Å². The summed E-state index contributed by atoms with van der Waals surface area (Å²) in [6.07, 6.45) is 7.71. The molecule has 0 amide bonds. The first-order valence-corrected chi connectivity index (χ1v) is 14.5. The third-order valence-corrected chi connectivity index (χ3v) is 7.82. The first kappa shape index (κ1) is 27.6. The Morgan fingerprint density at radius 3 is 2.60 bits per heavy atom. The van der Waals surface area contributed by atoms with E-state index in [-0.39, 0.29) is 17.6 Å². The van der Waals surface area contributed by atoms with Crippen LogP contribution in [0, 0.1) is 0 Å². The van der Waals surface area contributed by atoms with Gasteiger partial charge in [-0.2, -0.15) is 0 Å². The molecule has 0 fully saturated rings. The lowest BCUT2D eigenvalue weighted by Gasteiger charge is -2.28. The average molecular weight is 543 g/mol. The Morgan fingerprint density at radius 1 is 1.07 bits per heavy atom. The van der Waals surface area contributed by atoms with Crippen molar-refractivity contribution in [3.63, 3.8) is 0 Å². The van der Waals surface area contributed by atoms with Crippen LogP contribution in [0.2, 0.25) is 0 Å². The highest BCUT2D eigenvalue weighted by molar-refractivity contribution is 5.80. The predicted molar refractivity (Wildman–Crippen MR) is 154 cm³/mol. The molecule has 1 atom stereocenters. The van der Waals surface area contributed by atoms with Crippen LogP contribution in [0.25, 0.3) is 22.5 Å². The molecule has 1 aliphatic heterocycles. The van der Waals surface area contributed by atoms with Crippen LogP contribution in [0.1, 0.15) is 81.7 Å². The zero-order valence-electron chi connectivity index (χ0n) is 23.4. The summed E-state index contributed by atoms with van der Waals surface area (Å²) in [6.45, 7) is 5.25. The quantitative estimate of drug-likeness (QED) is 0.187. The van der Waals surface area contributed by atoms with E-state index in [9.17, 15) is 9.59 Å². The van der Waals surface area contributed by atoms with E-state index in [2.05, 4.69) is 62.6 Å². The number of aromatic amines is 1. The summed E-state index contributed by atoms with van der Waals surface area (Å²) >= 11 is 0. The second kappa shape index (κ2) is 12.9. The molecule has 0 spiro atoms. The van der Waals surface area contributed by atoms with Crippen LogP contribution >= 0.6 is 0 Å². The minimum atomic E-state index is -0.191. The summed E-state index contributed by atoms with van der Waals surface area (Å²) in [4.78, 5) is 26.0. The van der Waals surface area contributed by atoms with Crippen molar-refractivity contribution in [2.45, 2.75) is 84.2 Å². The molecular weight excluding hydrogens is 504 g/mol. The van der Waals surface area contributed by atoms with Gasteiger partial charge in [0.05, 0.1) is 12.6 Å². The van der Waals surface area contributed by atoms with E-state index in [1.165, 1.54) is 0 Å². The number of fused-ring (bicyclic) bond motifs is 1. The summed E-state index contributed by atoms with van der Waals surface area (Å²) < 4.78 is 9.33. The van der Waals surface area contributed by atoms with Gasteiger partial charge < -0.3 is 4.74 Å². The summed E-state index contributed by atoms with van der Waals surface area (Å²) in [5.41, 5.74) is 6.27. The van der Waals surface area contributed by atoms with Gasteiger partial charge in [-0.25, -0.2) is 9.78 Å². The van der Waals surface area contributed by atoms with Crippen molar-refractivity contribution < 1.29 is 9.53 Å². The van der Waals surface area contributed by atoms with Crippen LogP contribution < -0.4 is 5.56 Å². The second-order valence-electron chi connectivity index (χ2n) is 10.5. The van der Waals surface area contributed by atoms with E-state index in [0.717, 1.165) is 78.6 Å². The summed E-state index contributed by atoms with van der Waals surface area (Å²) in [5, 5.41) is 14.4. The maximum absolute atomic E-state index is 13.9. The maximum Gasteiger partial charge on any atom is 0.305 e. The Hall–Kier alpha value is -4.01. The summed E-state index contributed by atoms with van der Waals surface area (Å²) in [6, 6.07) is 16.5. The molecule has 0 radical (unpaired) electrons. The Balaban J connectivity index is 1.43. The van der Waals surface area contributed by atoms with Crippen molar-refractivity contribution in [3.05, 3.63) is 75.7 Å². The molecule has 9 heteroatoms. The van der Waals surface area contributed by atoms with Crippen molar-refractivity contribution in [2.24, 2.45) is 0 Å². The van der Waals surface area contributed by atoms with Gasteiger partial charge >= 0.3 is 5.97 Å². The number of H-pyrrole nitrogens is 1. The highest BCUT2D eigenvalue weighted by Crippen LogP contribution is 2.31. The molecule has 3 heterocycles. The molecule has 5 rings (SSSR count). The first-order valence-electron chi connectivity index (χ1n) is 14.5. The molecule has 2 aromatic carbocycles. The molecule has 0 aliphatic carbocycles. The van der Waals surface area contributed by atoms with Gasteiger partial charge in [-0.3, -0.25) is 14.3 Å². The zero-order chi connectivity index (χ0) is 27.9. The fraction of sp³-hybridized carbons (Fsp3) is 0.452. The minimum Gasteiger partial charge on any atom is -0.466 e. The number of nitrogens with zero attached hydrogens (tertiary/aromatic N) is 5. The van der Waals surface area contributed by atoms with Crippen LogP contribution in [0.3, 0.4) is 0 Å². The van der Waals surface area contributed by atoms with Crippen molar-refractivity contribution in [3.8, 4) is 22.5 Å². The monoisotopic (exact) mass is 542 g/mol. The topological polar surface area (TPSA) is 108 Å². The first-order chi connectivity index (χ1) is 19.6. The molecule has 0 bridgehead atoms. The third-order valence-electron chi connectivity index (χ3n) is 7.82. The molecule has 1 N–H and O–H groups in total. The lowest BCUT2D eigenvalue weighted by Crippen LogP contribution is -2.33. The van der Waals surface area contributed by atoms with Crippen molar-refractivity contribution in [2.75, 3.05) is 6.61 Å². The number of tetrazole rings is 1. The smallest absolute Gasteiger partial charge is 0.305 e. The number of hydrogen-bond acceptors (Lipinski definition) is 6. The van der Waals surface area contributed by atoms with Crippen LogP contribution in [0.5, 0.6) is 0 Å². The van der Waals surface area contributed by atoms with Crippen LogP contribution in [-0.4, -0.2) is 42.6 Å². The number of nitrogens with one attached hydrogen (secondary N) is 1. The zero-order valence-corrected chi connectivity index (χ0v) is 23.4. The third kappa shape index (κ3) is 5.93. The number of ether oxygens (including phenoxy) is 1. The van der Waals surface area contributed by atoms with Gasteiger partial charge in [0.1, 0.15) is 0 Å². The van der Waals surface area contributed by atoms with Gasteiger partial charge in [-0.05, 0) is 66.1 Å². The van der Waals surface area contributed by atoms with E-state index in [0.29, 0.717) is 31.7 Å². The molecule has 40 heavy (non-hydrogen) atoms. The van der Waals surface area contributed by atoms with Crippen LogP contribution in [-0.2, 0) is 28.9 Å². The molecule has 1 unspecified atom stereocenters. The van der Waals surface area contributed by atoms with Gasteiger partial charge in [0.15, 0.2) is 5.82 Å². The van der Waals surface area contributed by atoms with Gasteiger partial charge in [0.2, 0.25) is 0 Å². The fourth-order valence-electron chi connectivity index (χ4n) is 5.87. The minimum absolute atomic E-state index is 0.0220. The number of aromatic nitrogens is 6. The highest BCUT2D eigenvalue weighted by atomic mass is 16.5. The number of rotatable bonds is 12. The highest BCUT2D eigenvalue weighted by Gasteiger charge is 2.28. The molecule has 4 aromatic rings. The van der Waals surface area contributed by atoms with Crippen LogP contribution in [0.4, 0.5) is 0 Å². The number of unbranched alkanes of at least 4 members (excludes halogenated alkanes) is 2. The number of benzene rings is 2. The van der Waals surface area contributed by atoms with Crippen molar-refractivity contribution in [1.29, 1.82) is 0 Å². The number of carbonyl (C=O) groups excluding carboxylic acids is 1. The van der Waals surface area contributed by atoms with E-state index in [1.54, 1.807) is 0 Å². The van der Waals surface area contributed by atoms with Crippen molar-refractivity contribution >= 4 is 5.97 Å². The normalized spacial score (nSPS) is 14.7. The number of carbonyl (C=O) groups is 1. The lowest BCUT2D eigenvalue weighted by molar-refractivity contribution is -0.143. The molecule has 9 nitrogen and oxygen atoms in total. The Kier molecular flexibility index (Phi) is 8.88. The summed E-state index contributed by atoms with van der Waals surface area (Å²) in [7, 11) is 0. The van der Waals surface area contributed by atoms with E-state index < -0.39 is 0 Å². The second-order valence-corrected chi connectivity index (χ2v) is 10.5. The van der Waals surface area contributed by atoms with E-state index in [1.807, 2.05) is 29.8 Å². The molecule has 0 saturated carbocycles. The van der Waals surface area contributed by atoms with Gasteiger partial charge in [-0.15, -0.1) is 5.10 Å². The largest absolute Gasteiger partial charge is 0.466 e. The van der Waals surface area contributed by atoms with E-state index >= 15 is 0 Å². The average Bonchev–Trinajstić information content (AvgIpc) is 3.61. The summed E-state index contributed by atoms with van der Waals surface area (Å²) in [5.74, 6) is 0.435. The van der Waals surface area contributed by atoms with Crippen molar-refractivity contribution in [1.82, 2.24) is 30.0 Å². The standard InChI is InChI=1S/C31H38N6O3/c1-3-5-6-13-28-27(31(39)37-24(10-9-20-36(28)37)18-19-29(38)40-4-2)21-22-14-16-23(17-15-22)25-11-7-8-12-26(25)30-32-34-35-33-30/h7-8,11-12,14-17,24H,3-6,9-10,13,18-21H2,1-2H3,(H,32,33,34,35). The van der Waals surface area contributed by atoms with Gasteiger partial charge in [-0.1, -0.05) is 68.3 Å².